The number of sulfonamides is 1. The highest BCUT2D eigenvalue weighted by Gasteiger charge is 2.39. The first-order chi connectivity index (χ1) is 14.4. The van der Waals surface area contributed by atoms with Crippen LogP contribution in [0.15, 0.2) is 77.7 Å². The zero-order valence-electron chi connectivity index (χ0n) is 15.8. The molecule has 0 bridgehead atoms. The second kappa shape index (κ2) is 7.87. The van der Waals surface area contributed by atoms with E-state index in [0.29, 0.717) is 17.8 Å². The molecule has 1 N–H and O–H groups in total. The van der Waals surface area contributed by atoms with Gasteiger partial charge in [-0.2, -0.15) is 0 Å². The maximum absolute atomic E-state index is 13.4. The molecule has 1 heterocycles. The lowest BCUT2D eigenvalue weighted by Gasteiger charge is -2.36. The van der Waals surface area contributed by atoms with Crippen molar-refractivity contribution in [1.82, 2.24) is 0 Å². The molecule has 30 heavy (non-hydrogen) atoms. The summed E-state index contributed by atoms with van der Waals surface area (Å²) in [6, 6.07) is 15.7. The summed E-state index contributed by atoms with van der Waals surface area (Å²) in [5.41, 5.74) is 1.57. The molecule has 154 valence electrons. The van der Waals surface area contributed by atoms with E-state index in [4.69, 9.17) is 0 Å². The molecule has 0 spiro atoms. The summed E-state index contributed by atoms with van der Waals surface area (Å²) in [5.74, 6) is -1.53. The van der Waals surface area contributed by atoms with E-state index in [0.717, 1.165) is 22.0 Å². The van der Waals surface area contributed by atoms with Crippen molar-refractivity contribution in [2.75, 3.05) is 9.62 Å². The fourth-order valence-corrected chi connectivity index (χ4v) is 5.21. The van der Waals surface area contributed by atoms with Gasteiger partial charge in [0.05, 0.1) is 10.6 Å². The van der Waals surface area contributed by atoms with Crippen molar-refractivity contribution in [3.63, 3.8) is 0 Å². The smallest absolute Gasteiger partial charge is 0.265 e. The molecule has 1 amide bonds. The van der Waals surface area contributed by atoms with Crippen LogP contribution >= 0.6 is 0 Å². The monoisotopic (exact) mass is 428 g/mol. The van der Waals surface area contributed by atoms with E-state index >= 15 is 0 Å². The van der Waals surface area contributed by atoms with Gasteiger partial charge >= 0.3 is 0 Å². The van der Waals surface area contributed by atoms with Crippen molar-refractivity contribution in [3.05, 3.63) is 90.0 Å². The number of amides is 1. The van der Waals surface area contributed by atoms with Gasteiger partial charge in [0, 0.05) is 5.69 Å². The average Bonchev–Trinajstić information content (AvgIpc) is 2.74. The topological polar surface area (TPSA) is 66.5 Å². The molecule has 1 atom stereocenters. The van der Waals surface area contributed by atoms with Crippen molar-refractivity contribution in [2.45, 2.75) is 23.8 Å². The highest BCUT2D eigenvalue weighted by molar-refractivity contribution is 7.93. The molecule has 0 saturated heterocycles. The Morgan fingerprint density at radius 1 is 0.900 bits per heavy atom. The van der Waals surface area contributed by atoms with Crippen LogP contribution in [0, 0.1) is 11.6 Å². The van der Waals surface area contributed by atoms with Gasteiger partial charge in [-0.1, -0.05) is 18.2 Å². The number of nitrogens with one attached hydrogen (secondary N) is 1. The quantitative estimate of drug-likeness (QED) is 0.680. The maximum Gasteiger partial charge on any atom is 0.265 e. The third kappa shape index (κ3) is 3.78. The highest BCUT2D eigenvalue weighted by Crippen LogP contribution is 2.35. The number of halogens is 2. The van der Waals surface area contributed by atoms with Crippen LogP contribution in [0.2, 0.25) is 0 Å². The molecule has 0 aromatic heterocycles. The number of fused-ring (bicyclic) bond motifs is 1. The number of benzene rings is 3. The van der Waals surface area contributed by atoms with Gasteiger partial charge in [-0.05, 0) is 73.0 Å². The van der Waals surface area contributed by atoms with E-state index in [2.05, 4.69) is 5.32 Å². The Balaban J connectivity index is 1.74. The van der Waals surface area contributed by atoms with E-state index in [1.807, 2.05) is 6.07 Å². The largest absolute Gasteiger partial charge is 0.324 e. The molecule has 0 saturated carbocycles. The second-order valence-electron chi connectivity index (χ2n) is 6.93. The van der Waals surface area contributed by atoms with Crippen LogP contribution in [0.4, 0.5) is 20.2 Å². The van der Waals surface area contributed by atoms with Gasteiger partial charge in [-0.15, -0.1) is 0 Å². The van der Waals surface area contributed by atoms with Gasteiger partial charge in [-0.25, -0.2) is 17.2 Å². The molecule has 0 fully saturated rings. The minimum atomic E-state index is -4.14. The predicted molar refractivity (Wildman–Crippen MR) is 110 cm³/mol. The number of carbonyl (C=O) groups is 1. The molecular formula is C22H18F2N2O3S. The molecular weight excluding hydrogens is 410 g/mol. The summed E-state index contributed by atoms with van der Waals surface area (Å²) in [6.07, 6.45) is 0.789. The molecule has 1 unspecified atom stereocenters. The Morgan fingerprint density at radius 2 is 1.50 bits per heavy atom. The summed E-state index contributed by atoms with van der Waals surface area (Å²) in [5, 5.41) is 2.66. The Bertz CT molecular complexity index is 1180. The van der Waals surface area contributed by atoms with Crippen LogP contribution in [0.25, 0.3) is 0 Å². The number of hydrogen-bond acceptors (Lipinski definition) is 3. The fraction of sp³-hybridized carbons (Fsp3) is 0.136. The van der Waals surface area contributed by atoms with Crippen molar-refractivity contribution in [3.8, 4) is 0 Å². The minimum absolute atomic E-state index is 0.111. The number of aryl methyl sites for hydroxylation is 1. The van der Waals surface area contributed by atoms with Gasteiger partial charge in [0.15, 0.2) is 0 Å². The van der Waals surface area contributed by atoms with Crippen molar-refractivity contribution in [1.29, 1.82) is 0 Å². The average molecular weight is 428 g/mol. The lowest BCUT2D eigenvalue weighted by Crippen LogP contribution is -2.50. The number of hydrogen-bond donors (Lipinski definition) is 1. The van der Waals surface area contributed by atoms with Gasteiger partial charge < -0.3 is 5.32 Å². The molecule has 5 nitrogen and oxygen atoms in total. The van der Waals surface area contributed by atoms with E-state index in [-0.39, 0.29) is 11.3 Å². The van der Waals surface area contributed by atoms with E-state index in [1.54, 1.807) is 18.2 Å². The number of anilines is 2. The molecule has 1 aliphatic rings. The summed E-state index contributed by atoms with van der Waals surface area (Å²) in [4.78, 5) is 12.9. The standard InChI is InChI=1S/C22H18F2N2O3S/c23-16-6-10-18(11-7-16)25-22(27)21-14-5-15-3-1-2-4-20(15)26(21)30(28,29)19-12-8-17(24)9-13-19/h1-4,6-13,21H,5,14H2,(H,25,27). The normalized spacial score (nSPS) is 16.1. The lowest BCUT2D eigenvalue weighted by molar-refractivity contribution is -0.117. The lowest BCUT2D eigenvalue weighted by atomic mass is 9.97. The van der Waals surface area contributed by atoms with Crippen LogP contribution < -0.4 is 9.62 Å². The fourth-order valence-electron chi connectivity index (χ4n) is 3.53. The Labute approximate surface area is 173 Å². The third-order valence-electron chi connectivity index (χ3n) is 4.98. The second-order valence-corrected chi connectivity index (χ2v) is 8.75. The Hall–Kier alpha value is -3.26. The van der Waals surface area contributed by atoms with Crippen LogP contribution in [0.3, 0.4) is 0 Å². The highest BCUT2D eigenvalue weighted by atomic mass is 32.2. The first kappa shape index (κ1) is 20.0. The summed E-state index contributed by atoms with van der Waals surface area (Å²) in [6.45, 7) is 0. The van der Waals surface area contributed by atoms with Crippen molar-refractivity contribution >= 4 is 27.3 Å². The Morgan fingerprint density at radius 3 is 2.17 bits per heavy atom. The third-order valence-corrected chi connectivity index (χ3v) is 6.82. The summed E-state index contributed by atoms with van der Waals surface area (Å²) < 4.78 is 54.5. The number of para-hydroxylation sites is 1. The minimum Gasteiger partial charge on any atom is -0.324 e. The zero-order valence-corrected chi connectivity index (χ0v) is 16.6. The summed E-state index contributed by atoms with van der Waals surface area (Å²) in [7, 11) is -4.14. The van der Waals surface area contributed by atoms with Crippen LogP contribution in [-0.4, -0.2) is 20.4 Å². The Kier molecular flexibility index (Phi) is 5.26. The van der Waals surface area contributed by atoms with Crippen molar-refractivity contribution in [2.24, 2.45) is 0 Å². The SMILES string of the molecule is O=C(Nc1ccc(F)cc1)C1CCc2ccccc2N1S(=O)(=O)c1ccc(F)cc1. The molecule has 3 aromatic carbocycles. The van der Waals surface area contributed by atoms with E-state index < -0.39 is 33.6 Å². The number of carbonyl (C=O) groups excluding carboxylic acids is 1. The maximum atomic E-state index is 13.4. The van der Waals surface area contributed by atoms with E-state index in [9.17, 15) is 22.0 Å². The molecule has 0 radical (unpaired) electrons. The zero-order chi connectivity index (χ0) is 21.3. The summed E-state index contributed by atoms with van der Waals surface area (Å²) >= 11 is 0. The predicted octanol–water partition coefficient (Wildman–Crippen LogP) is 4.11. The molecule has 4 rings (SSSR count). The molecule has 0 aliphatic carbocycles. The van der Waals surface area contributed by atoms with Crippen LogP contribution in [0.5, 0.6) is 0 Å². The molecule has 3 aromatic rings. The molecule has 1 aliphatic heterocycles. The van der Waals surface area contributed by atoms with Crippen molar-refractivity contribution < 1.29 is 22.0 Å². The van der Waals surface area contributed by atoms with Crippen LogP contribution in [0.1, 0.15) is 12.0 Å². The van der Waals surface area contributed by atoms with Gasteiger partial charge in [0.1, 0.15) is 17.7 Å². The van der Waals surface area contributed by atoms with Gasteiger partial charge in [0.25, 0.3) is 10.0 Å². The molecule has 8 heteroatoms. The first-order valence-electron chi connectivity index (χ1n) is 9.30. The first-order valence-corrected chi connectivity index (χ1v) is 10.7. The van der Waals surface area contributed by atoms with Crippen LogP contribution in [-0.2, 0) is 21.2 Å². The number of rotatable bonds is 4. The van der Waals surface area contributed by atoms with Gasteiger partial charge in [-0.3, -0.25) is 9.10 Å². The number of nitrogens with zero attached hydrogens (tertiary/aromatic N) is 1. The van der Waals surface area contributed by atoms with E-state index in [1.165, 1.54) is 36.4 Å². The van der Waals surface area contributed by atoms with Gasteiger partial charge in [0.2, 0.25) is 5.91 Å².